The Balaban J connectivity index is 1.93. The predicted octanol–water partition coefficient (Wildman–Crippen LogP) is 7.41. The molecule has 0 fully saturated rings. The molecule has 6 rings (SSSR count). The summed E-state index contributed by atoms with van der Waals surface area (Å²) in [5, 5.41) is 7.81. The Morgan fingerprint density at radius 1 is 0.432 bits per heavy atom. The molecule has 1 nitrogen and oxygen atoms in total. The Morgan fingerprint density at radius 2 is 0.614 bits per heavy atom. The summed E-state index contributed by atoms with van der Waals surface area (Å²) in [5.41, 5.74) is -6.07. The molecule has 0 saturated heterocycles. The zero-order valence-corrected chi connectivity index (χ0v) is 31.2. The first-order chi connectivity index (χ1) is 21.6. The van der Waals surface area contributed by atoms with Crippen LogP contribution in [0.2, 0.25) is 0 Å². The van der Waals surface area contributed by atoms with Crippen LogP contribution in [0.25, 0.3) is 0 Å². The third-order valence-electron chi connectivity index (χ3n) is 7.80. The van der Waals surface area contributed by atoms with Crippen LogP contribution in [0.15, 0.2) is 182 Å². The van der Waals surface area contributed by atoms with Crippen molar-refractivity contribution in [1.82, 2.24) is 0 Å². The number of aldehydes is 1. The van der Waals surface area contributed by atoms with E-state index in [9.17, 15) is 4.79 Å². The second-order valence-corrected chi connectivity index (χ2v) is 44.8. The summed E-state index contributed by atoms with van der Waals surface area (Å²) in [6.07, 6.45) is 1.08. The van der Waals surface area contributed by atoms with E-state index in [4.69, 9.17) is 11.6 Å². The molecule has 0 aliphatic rings. The molecule has 44 heavy (non-hydrogen) atoms. The van der Waals surface area contributed by atoms with E-state index < -0.39 is 27.9 Å². The minimum absolute atomic E-state index is 1.08. The minimum atomic E-state index is -3.11. The van der Waals surface area contributed by atoms with E-state index in [2.05, 4.69) is 205 Å². The molecule has 0 spiro atoms. The first-order valence-corrected chi connectivity index (χ1v) is 27.9. The van der Waals surface area contributed by atoms with E-state index in [-0.39, 0.29) is 0 Å². The van der Waals surface area contributed by atoms with Crippen LogP contribution >= 0.6 is 45.2 Å². The van der Waals surface area contributed by atoms with Gasteiger partial charge in [-0.25, -0.2) is 0 Å². The summed E-state index contributed by atoms with van der Waals surface area (Å²) >= 11 is 7.16. The summed E-state index contributed by atoms with van der Waals surface area (Å²) in [4.78, 5) is 13.7. The van der Waals surface area contributed by atoms with Gasteiger partial charge >= 0.3 is 287 Å². The van der Waals surface area contributed by atoms with Gasteiger partial charge in [-0.3, -0.25) is 0 Å². The number of benzene rings is 6. The van der Waals surface area contributed by atoms with Crippen molar-refractivity contribution in [3.63, 3.8) is 0 Å². The van der Waals surface area contributed by atoms with Crippen molar-refractivity contribution < 1.29 is 20.3 Å². The van der Waals surface area contributed by atoms with Crippen LogP contribution in [-0.2, 0) is 20.3 Å². The van der Waals surface area contributed by atoms with E-state index >= 15 is 0 Å². The van der Waals surface area contributed by atoms with Gasteiger partial charge in [0.25, 0.3) is 0 Å². The molecular formula is C38H33ClIIrOP2. The van der Waals surface area contributed by atoms with Crippen LogP contribution in [0.4, 0.5) is 0 Å². The molecule has 0 saturated carbocycles. The van der Waals surface area contributed by atoms with Gasteiger partial charge in [0.15, 0.2) is 0 Å². The molecular weight excluding hydrogens is 889 g/mol. The van der Waals surface area contributed by atoms with Crippen LogP contribution in [0.5, 0.6) is 0 Å². The molecule has 224 valence electrons. The van der Waals surface area contributed by atoms with Gasteiger partial charge in [-0.1, -0.05) is 0 Å². The van der Waals surface area contributed by atoms with E-state index in [1.165, 1.54) is 31.8 Å². The Labute approximate surface area is 284 Å². The van der Waals surface area contributed by atoms with Gasteiger partial charge in [0.1, 0.15) is 0 Å². The molecule has 0 radical (unpaired) electrons. The van der Waals surface area contributed by atoms with Crippen LogP contribution < -0.4 is 31.8 Å². The standard InChI is InChI=1S/2C18H15P.C2HClIO.Ir/c2*1-4-10-16(11-5-1)19(17-12-6-2-7-13-17)18-14-8-3-9-15-18;3-2(4)1-5;/h2*1-15H;1H;/q;;;-2/p+2. The zero-order valence-electron chi connectivity index (χ0n) is 23.9. The maximum atomic E-state index is 13.7. The molecule has 0 amide bonds. The molecule has 0 bridgehead atoms. The molecule has 6 heteroatoms. The van der Waals surface area contributed by atoms with E-state index in [1.807, 2.05) is 0 Å². The fraction of sp³-hybridized carbons (Fsp3) is 0.0263. The number of hydrogen-bond donors (Lipinski definition) is 0. The average molecular weight is 922 g/mol. The van der Waals surface area contributed by atoms with Crippen molar-refractivity contribution in [2.45, 2.75) is 1.39 Å². The van der Waals surface area contributed by atoms with Gasteiger partial charge in [-0.15, -0.1) is 0 Å². The van der Waals surface area contributed by atoms with Crippen LogP contribution in [0, 0.1) is 0 Å². The summed E-state index contributed by atoms with van der Waals surface area (Å²) in [7, 11) is 0. The molecule has 6 aromatic carbocycles. The molecule has 6 aromatic rings. The zero-order chi connectivity index (χ0) is 30.5. The number of alkyl halides is 2. The first kappa shape index (κ1) is 31.5. The average Bonchev–Trinajstić information content (AvgIpc) is 3.11. The van der Waals surface area contributed by atoms with Gasteiger partial charge in [-0.05, 0) is 0 Å². The van der Waals surface area contributed by atoms with Gasteiger partial charge in [0, 0.05) is 0 Å². The molecule has 0 N–H and O–H groups in total. The Bertz CT molecular complexity index is 1470. The fourth-order valence-electron chi connectivity index (χ4n) is 6.10. The van der Waals surface area contributed by atoms with Crippen LogP contribution in [0.1, 0.15) is 0 Å². The summed E-state index contributed by atoms with van der Waals surface area (Å²) in [5.74, 6) is 0. The number of rotatable bonds is 10. The van der Waals surface area contributed by atoms with Gasteiger partial charge in [0.2, 0.25) is 0 Å². The Kier molecular flexibility index (Phi) is 9.94. The van der Waals surface area contributed by atoms with Gasteiger partial charge < -0.3 is 0 Å². The second kappa shape index (κ2) is 13.9. The maximum absolute atomic E-state index is 13.7. The van der Waals surface area contributed by atoms with E-state index in [0.717, 1.165) is 6.29 Å². The normalized spacial score (nSPS) is 14.2. The molecule has 0 aliphatic carbocycles. The first-order valence-electron chi connectivity index (χ1n) is 14.4. The Hall–Kier alpha value is -2.48. The monoisotopic (exact) mass is 922 g/mol. The van der Waals surface area contributed by atoms with Gasteiger partial charge in [0.05, 0.1) is 0 Å². The van der Waals surface area contributed by atoms with Crippen molar-refractivity contribution in [1.29, 1.82) is 0 Å². The third kappa shape index (κ3) is 5.58. The molecule has 1 unspecified atom stereocenters. The third-order valence-corrected chi connectivity index (χ3v) is 68.7. The molecule has 0 aliphatic heterocycles. The summed E-state index contributed by atoms with van der Waals surface area (Å²) in [6, 6.07) is 66.0. The van der Waals surface area contributed by atoms with Crippen molar-refractivity contribution in [3.05, 3.63) is 182 Å². The van der Waals surface area contributed by atoms with Crippen LogP contribution in [-0.4, -0.2) is 7.68 Å². The number of hydrogen-bond acceptors (Lipinski definition) is 1. The number of halogens is 2. The molecule has 0 aromatic heterocycles. The number of carbonyl (C=O) groups is 1. The second-order valence-electron chi connectivity index (χ2n) is 10.3. The molecule has 1 atom stereocenters. The summed E-state index contributed by atoms with van der Waals surface area (Å²) in [6.45, 7) is 0. The Morgan fingerprint density at radius 3 is 0.773 bits per heavy atom. The predicted molar refractivity (Wildman–Crippen MR) is 202 cm³/mol. The quantitative estimate of drug-likeness (QED) is 0.0606. The van der Waals surface area contributed by atoms with Crippen molar-refractivity contribution in [3.8, 4) is 0 Å². The molecule has 0 heterocycles. The van der Waals surface area contributed by atoms with E-state index in [1.54, 1.807) is 0 Å². The number of carbonyl (C=O) groups excluding carboxylic acids is 1. The van der Waals surface area contributed by atoms with Crippen molar-refractivity contribution in [2.24, 2.45) is 0 Å². The van der Waals surface area contributed by atoms with Crippen LogP contribution in [0.3, 0.4) is 0 Å². The SMILES string of the molecule is O=C[C](Cl)(I)[Ir]([PH](c1ccccc1)(c1ccccc1)c1ccccc1)[PH](c1ccccc1)(c1ccccc1)c1ccccc1. The van der Waals surface area contributed by atoms with Crippen molar-refractivity contribution >= 4 is 83.3 Å². The fourth-order valence-corrected chi connectivity index (χ4v) is 87.2. The topological polar surface area (TPSA) is 17.1 Å². The van der Waals surface area contributed by atoms with Crippen molar-refractivity contribution in [2.75, 3.05) is 0 Å². The van der Waals surface area contributed by atoms with E-state index in [0.29, 0.717) is 0 Å². The summed E-state index contributed by atoms with van der Waals surface area (Å²) < 4.78 is -1.10. The van der Waals surface area contributed by atoms with Gasteiger partial charge in [-0.2, -0.15) is 0 Å².